The number of nitro benzene ring substituents is 1. The van der Waals surface area contributed by atoms with Crippen LogP contribution < -0.4 is 4.90 Å². The van der Waals surface area contributed by atoms with Crippen LogP contribution in [-0.2, 0) is 16.2 Å². The second kappa shape index (κ2) is 7.36. The van der Waals surface area contributed by atoms with Crippen molar-refractivity contribution in [3.05, 3.63) is 58.3 Å². The van der Waals surface area contributed by atoms with Crippen LogP contribution >= 0.6 is 0 Å². The molecule has 0 N–H and O–H groups in total. The number of aromatic nitrogens is 1. The normalized spacial score (nSPS) is 16.2. The molecular formula is C16H15F3N4O4S. The van der Waals surface area contributed by atoms with Gasteiger partial charge >= 0.3 is 6.18 Å². The van der Waals surface area contributed by atoms with E-state index in [9.17, 15) is 31.7 Å². The van der Waals surface area contributed by atoms with Gasteiger partial charge in [0.2, 0.25) is 10.0 Å². The molecule has 0 radical (unpaired) electrons. The topological polar surface area (TPSA) is 96.6 Å². The molecule has 0 saturated carbocycles. The van der Waals surface area contributed by atoms with Gasteiger partial charge in [-0.2, -0.15) is 17.5 Å². The summed E-state index contributed by atoms with van der Waals surface area (Å²) in [5.41, 5.74) is -1.06. The lowest BCUT2D eigenvalue weighted by Gasteiger charge is -2.34. The van der Waals surface area contributed by atoms with Crippen LogP contribution in [0.1, 0.15) is 5.56 Å². The fraction of sp³-hybridized carbons (Fsp3) is 0.312. The zero-order valence-electron chi connectivity index (χ0n) is 14.3. The molecular weight excluding hydrogens is 401 g/mol. The zero-order valence-corrected chi connectivity index (χ0v) is 15.2. The number of rotatable bonds is 4. The van der Waals surface area contributed by atoms with Gasteiger partial charge in [0.1, 0.15) is 5.82 Å². The van der Waals surface area contributed by atoms with Gasteiger partial charge in [0, 0.05) is 44.5 Å². The summed E-state index contributed by atoms with van der Waals surface area (Å²) >= 11 is 0. The summed E-state index contributed by atoms with van der Waals surface area (Å²) in [6, 6.07) is 6.78. The molecule has 0 aliphatic carbocycles. The van der Waals surface area contributed by atoms with Gasteiger partial charge in [0.15, 0.2) is 0 Å². The first kappa shape index (κ1) is 20.0. The van der Waals surface area contributed by atoms with Crippen molar-refractivity contribution in [3.63, 3.8) is 0 Å². The van der Waals surface area contributed by atoms with Crippen molar-refractivity contribution in [2.24, 2.45) is 0 Å². The van der Waals surface area contributed by atoms with Crippen LogP contribution in [0.4, 0.5) is 24.7 Å². The van der Waals surface area contributed by atoms with Crippen LogP contribution in [0.3, 0.4) is 0 Å². The Morgan fingerprint density at radius 1 is 1.00 bits per heavy atom. The molecule has 1 aromatic carbocycles. The number of non-ortho nitro benzene ring substituents is 1. The fourth-order valence-corrected chi connectivity index (χ4v) is 4.21. The van der Waals surface area contributed by atoms with Crippen molar-refractivity contribution in [1.82, 2.24) is 9.29 Å². The molecule has 0 unspecified atom stereocenters. The van der Waals surface area contributed by atoms with E-state index in [-0.39, 0.29) is 36.8 Å². The Hall–Kier alpha value is -2.73. The van der Waals surface area contributed by atoms with Crippen molar-refractivity contribution in [1.29, 1.82) is 0 Å². The summed E-state index contributed by atoms with van der Waals surface area (Å²) in [7, 11) is -3.82. The third-order valence-corrected chi connectivity index (χ3v) is 6.24. The van der Waals surface area contributed by atoms with Gasteiger partial charge in [-0.15, -0.1) is 0 Å². The van der Waals surface area contributed by atoms with E-state index in [0.717, 1.165) is 24.4 Å². The molecule has 0 bridgehead atoms. The molecule has 3 rings (SSSR count). The summed E-state index contributed by atoms with van der Waals surface area (Å²) < 4.78 is 64.4. The number of hydrogen-bond acceptors (Lipinski definition) is 6. The highest BCUT2D eigenvalue weighted by Crippen LogP contribution is 2.29. The van der Waals surface area contributed by atoms with Crippen LogP contribution in [0, 0.1) is 10.1 Å². The zero-order chi connectivity index (χ0) is 20.5. The van der Waals surface area contributed by atoms with Crippen LogP contribution in [0.5, 0.6) is 0 Å². The second-order valence-corrected chi connectivity index (χ2v) is 7.98. The van der Waals surface area contributed by atoms with Gasteiger partial charge < -0.3 is 4.90 Å². The molecule has 150 valence electrons. The number of sulfonamides is 1. The molecule has 1 saturated heterocycles. The van der Waals surface area contributed by atoms with Gasteiger partial charge in [-0.25, -0.2) is 13.4 Å². The van der Waals surface area contributed by atoms with Crippen LogP contribution in [0.15, 0.2) is 47.5 Å². The first-order chi connectivity index (χ1) is 13.1. The first-order valence-electron chi connectivity index (χ1n) is 8.12. The van der Waals surface area contributed by atoms with Gasteiger partial charge in [-0.1, -0.05) is 0 Å². The van der Waals surface area contributed by atoms with E-state index < -0.39 is 26.7 Å². The van der Waals surface area contributed by atoms with Gasteiger partial charge in [0.05, 0.1) is 15.4 Å². The molecule has 2 heterocycles. The third kappa shape index (κ3) is 4.07. The van der Waals surface area contributed by atoms with E-state index in [0.29, 0.717) is 5.82 Å². The van der Waals surface area contributed by atoms with Crippen LogP contribution in [0.2, 0.25) is 0 Å². The molecule has 1 aromatic heterocycles. The Labute approximate surface area is 158 Å². The van der Waals surface area contributed by atoms with Crippen molar-refractivity contribution in [2.45, 2.75) is 11.1 Å². The summed E-state index contributed by atoms with van der Waals surface area (Å²) in [6.07, 6.45) is -3.72. The Kier molecular flexibility index (Phi) is 5.26. The number of halogens is 3. The van der Waals surface area contributed by atoms with Gasteiger partial charge in [-0.3, -0.25) is 10.1 Å². The number of piperazine rings is 1. The number of nitrogens with zero attached hydrogens (tertiary/aromatic N) is 4. The van der Waals surface area contributed by atoms with Gasteiger partial charge in [-0.05, 0) is 24.3 Å². The monoisotopic (exact) mass is 416 g/mol. The van der Waals surface area contributed by atoms with E-state index in [1.165, 1.54) is 22.5 Å². The maximum absolute atomic E-state index is 12.7. The van der Waals surface area contributed by atoms with Gasteiger partial charge in [0.25, 0.3) is 5.69 Å². The summed E-state index contributed by atoms with van der Waals surface area (Å²) in [4.78, 5) is 15.5. The van der Waals surface area contributed by atoms with Crippen molar-refractivity contribution < 1.29 is 26.5 Å². The second-order valence-electron chi connectivity index (χ2n) is 6.04. The Bertz CT molecular complexity index is 955. The van der Waals surface area contributed by atoms with E-state index in [4.69, 9.17) is 0 Å². The Morgan fingerprint density at radius 2 is 1.61 bits per heavy atom. The van der Waals surface area contributed by atoms with E-state index in [2.05, 4.69) is 4.98 Å². The van der Waals surface area contributed by atoms with E-state index >= 15 is 0 Å². The Balaban J connectivity index is 1.68. The first-order valence-corrected chi connectivity index (χ1v) is 9.56. The highest BCUT2D eigenvalue weighted by Gasteiger charge is 2.32. The number of nitro groups is 1. The average Bonchev–Trinajstić information content (AvgIpc) is 2.67. The molecule has 28 heavy (non-hydrogen) atoms. The summed E-state index contributed by atoms with van der Waals surface area (Å²) in [6.45, 7) is 0.735. The lowest BCUT2D eigenvalue weighted by molar-refractivity contribution is -0.384. The van der Waals surface area contributed by atoms with Crippen LogP contribution in [0.25, 0.3) is 0 Å². The molecule has 12 heteroatoms. The summed E-state index contributed by atoms with van der Waals surface area (Å²) in [5.74, 6) is 0.334. The smallest absolute Gasteiger partial charge is 0.354 e. The third-order valence-electron chi connectivity index (χ3n) is 4.32. The number of hydrogen-bond donors (Lipinski definition) is 0. The lowest BCUT2D eigenvalue weighted by atomic mass is 10.2. The molecule has 1 aliphatic heterocycles. The Morgan fingerprint density at radius 3 is 2.07 bits per heavy atom. The minimum Gasteiger partial charge on any atom is -0.354 e. The SMILES string of the molecule is O=[N+]([O-])c1ccc(S(=O)(=O)N2CCN(c3ccc(C(F)(F)F)cn3)CC2)cc1. The molecule has 1 fully saturated rings. The van der Waals surface area contributed by atoms with E-state index in [1.54, 1.807) is 4.90 Å². The van der Waals surface area contributed by atoms with Crippen LogP contribution in [-0.4, -0.2) is 48.8 Å². The number of pyridine rings is 1. The van der Waals surface area contributed by atoms with Crippen molar-refractivity contribution >= 4 is 21.5 Å². The highest BCUT2D eigenvalue weighted by atomic mass is 32.2. The molecule has 0 amide bonds. The predicted molar refractivity (Wildman–Crippen MR) is 93.3 cm³/mol. The number of anilines is 1. The predicted octanol–water partition coefficient (Wildman–Crippen LogP) is 2.52. The molecule has 8 nitrogen and oxygen atoms in total. The summed E-state index contributed by atoms with van der Waals surface area (Å²) in [5, 5.41) is 10.7. The fourth-order valence-electron chi connectivity index (χ4n) is 2.79. The lowest BCUT2D eigenvalue weighted by Crippen LogP contribution is -2.48. The molecule has 1 aliphatic rings. The highest BCUT2D eigenvalue weighted by molar-refractivity contribution is 7.89. The molecule has 2 aromatic rings. The molecule has 0 spiro atoms. The standard InChI is InChI=1S/C16H15F3N4O4S/c17-16(18,19)12-1-6-15(20-11-12)21-7-9-22(10-8-21)28(26,27)14-4-2-13(3-5-14)23(24)25/h1-6,11H,7-10H2. The largest absolute Gasteiger partial charge is 0.417 e. The minimum absolute atomic E-state index is 0.0563. The van der Waals surface area contributed by atoms with E-state index in [1.807, 2.05) is 0 Å². The maximum Gasteiger partial charge on any atom is 0.417 e. The minimum atomic E-state index is -4.47. The average molecular weight is 416 g/mol. The number of benzene rings is 1. The van der Waals surface area contributed by atoms with Crippen molar-refractivity contribution in [2.75, 3.05) is 31.1 Å². The maximum atomic E-state index is 12.7. The molecule has 0 atom stereocenters. The number of alkyl halides is 3. The van der Waals surface area contributed by atoms with Crippen molar-refractivity contribution in [3.8, 4) is 0 Å². The quantitative estimate of drug-likeness (QED) is 0.561.